The Balaban J connectivity index is 2.09. The standard InChI is InChI=1S/C16H20BrNS/c1-3-18-16(7-6-15-5-4-8-19-15)13-9-12(2)10-14(17)11-13/h4-5,8-11,16,18H,3,6-7H2,1-2H3. The van der Waals surface area contributed by atoms with Gasteiger partial charge in [-0.3, -0.25) is 0 Å². The van der Waals surface area contributed by atoms with Gasteiger partial charge in [0, 0.05) is 15.4 Å². The highest BCUT2D eigenvalue weighted by Crippen LogP contribution is 2.25. The predicted molar refractivity (Wildman–Crippen MR) is 87.9 cm³/mol. The van der Waals surface area contributed by atoms with Crippen molar-refractivity contribution in [1.29, 1.82) is 0 Å². The molecule has 0 aliphatic rings. The smallest absolute Gasteiger partial charge is 0.0324 e. The first-order valence-electron chi connectivity index (χ1n) is 6.72. The number of nitrogens with one attached hydrogen (secondary N) is 1. The van der Waals surface area contributed by atoms with E-state index in [0.717, 1.165) is 19.4 Å². The lowest BCUT2D eigenvalue weighted by Gasteiger charge is -2.19. The van der Waals surface area contributed by atoms with Crippen molar-refractivity contribution in [2.24, 2.45) is 0 Å². The third-order valence-electron chi connectivity index (χ3n) is 3.18. The molecule has 1 aromatic heterocycles. The van der Waals surface area contributed by atoms with Gasteiger partial charge in [-0.05, 0) is 61.0 Å². The van der Waals surface area contributed by atoms with Crippen LogP contribution in [-0.2, 0) is 6.42 Å². The molecule has 1 unspecified atom stereocenters. The molecule has 0 saturated heterocycles. The topological polar surface area (TPSA) is 12.0 Å². The monoisotopic (exact) mass is 337 g/mol. The molecule has 0 radical (unpaired) electrons. The molecule has 0 fully saturated rings. The molecule has 1 atom stereocenters. The molecule has 1 nitrogen and oxygen atoms in total. The number of rotatable bonds is 6. The Kier molecular flexibility index (Phi) is 5.61. The van der Waals surface area contributed by atoms with Gasteiger partial charge in [0.1, 0.15) is 0 Å². The van der Waals surface area contributed by atoms with Crippen LogP contribution in [0.2, 0.25) is 0 Å². The van der Waals surface area contributed by atoms with E-state index in [0.29, 0.717) is 6.04 Å². The van der Waals surface area contributed by atoms with Gasteiger partial charge in [-0.25, -0.2) is 0 Å². The van der Waals surface area contributed by atoms with Gasteiger partial charge in [0.25, 0.3) is 0 Å². The van der Waals surface area contributed by atoms with Crippen molar-refractivity contribution < 1.29 is 0 Å². The normalized spacial score (nSPS) is 12.6. The zero-order valence-corrected chi connectivity index (χ0v) is 13.9. The highest BCUT2D eigenvalue weighted by molar-refractivity contribution is 9.10. The van der Waals surface area contributed by atoms with Gasteiger partial charge in [-0.15, -0.1) is 11.3 Å². The SMILES string of the molecule is CCNC(CCc1cccs1)c1cc(C)cc(Br)c1. The van der Waals surface area contributed by atoms with E-state index in [1.54, 1.807) is 0 Å². The molecule has 0 aliphatic heterocycles. The van der Waals surface area contributed by atoms with E-state index >= 15 is 0 Å². The summed E-state index contributed by atoms with van der Waals surface area (Å²) in [6, 6.07) is 11.5. The van der Waals surface area contributed by atoms with Crippen molar-refractivity contribution in [3.05, 3.63) is 56.2 Å². The fraction of sp³-hybridized carbons (Fsp3) is 0.375. The summed E-state index contributed by atoms with van der Waals surface area (Å²) < 4.78 is 1.17. The van der Waals surface area contributed by atoms with Crippen LogP contribution in [0.1, 0.15) is 35.4 Å². The van der Waals surface area contributed by atoms with Crippen LogP contribution < -0.4 is 5.32 Å². The van der Waals surface area contributed by atoms with Crippen LogP contribution in [0.25, 0.3) is 0 Å². The summed E-state index contributed by atoms with van der Waals surface area (Å²) in [4.78, 5) is 1.47. The molecule has 1 aromatic carbocycles. The number of halogens is 1. The molecule has 2 aromatic rings. The highest BCUT2D eigenvalue weighted by Gasteiger charge is 2.11. The molecule has 19 heavy (non-hydrogen) atoms. The largest absolute Gasteiger partial charge is 0.310 e. The van der Waals surface area contributed by atoms with Crippen molar-refractivity contribution >= 4 is 27.3 Å². The van der Waals surface area contributed by atoms with Gasteiger partial charge in [0.2, 0.25) is 0 Å². The van der Waals surface area contributed by atoms with Crippen LogP contribution in [-0.4, -0.2) is 6.54 Å². The molecule has 0 bridgehead atoms. The molecular weight excluding hydrogens is 318 g/mol. The minimum absolute atomic E-state index is 0.434. The first kappa shape index (κ1) is 14.8. The van der Waals surface area contributed by atoms with E-state index in [1.807, 2.05) is 11.3 Å². The van der Waals surface area contributed by atoms with Gasteiger partial charge >= 0.3 is 0 Å². The summed E-state index contributed by atoms with van der Waals surface area (Å²) in [5, 5.41) is 5.75. The molecule has 1 heterocycles. The predicted octanol–water partition coefficient (Wildman–Crippen LogP) is 5.10. The minimum Gasteiger partial charge on any atom is -0.310 e. The second kappa shape index (κ2) is 7.22. The first-order chi connectivity index (χ1) is 9.19. The number of benzene rings is 1. The molecule has 2 rings (SSSR count). The van der Waals surface area contributed by atoms with Crippen LogP contribution in [0.15, 0.2) is 40.2 Å². The van der Waals surface area contributed by atoms with Crippen molar-refractivity contribution in [2.75, 3.05) is 6.54 Å². The van der Waals surface area contributed by atoms with Crippen LogP contribution in [0.5, 0.6) is 0 Å². The summed E-state index contributed by atoms with van der Waals surface area (Å²) >= 11 is 5.44. The van der Waals surface area contributed by atoms with Crippen LogP contribution in [0, 0.1) is 6.92 Å². The fourth-order valence-electron chi connectivity index (χ4n) is 2.34. The second-order valence-electron chi connectivity index (χ2n) is 4.79. The summed E-state index contributed by atoms with van der Waals surface area (Å²) in [6.45, 7) is 5.32. The Morgan fingerprint density at radius 2 is 2.16 bits per heavy atom. The second-order valence-corrected chi connectivity index (χ2v) is 6.74. The third kappa shape index (κ3) is 4.44. The van der Waals surface area contributed by atoms with Crippen molar-refractivity contribution in [1.82, 2.24) is 5.32 Å². The lowest BCUT2D eigenvalue weighted by atomic mass is 10.00. The summed E-state index contributed by atoms with van der Waals surface area (Å²) in [5.41, 5.74) is 2.69. The van der Waals surface area contributed by atoms with Gasteiger partial charge < -0.3 is 5.32 Å². The van der Waals surface area contributed by atoms with E-state index in [9.17, 15) is 0 Å². The van der Waals surface area contributed by atoms with Crippen molar-refractivity contribution in [3.8, 4) is 0 Å². The minimum atomic E-state index is 0.434. The molecule has 0 saturated carbocycles. The van der Waals surface area contributed by atoms with Gasteiger partial charge in [0.05, 0.1) is 0 Å². The molecule has 1 N–H and O–H groups in total. The van der Waals surface area contributed by atoms with Crippen LogP contribution in [0.3, 0.4) is 0 Å². The Labute approximate surface area is 128 Å². The zero-order valence-electron chi connectivity index (χ0n) is 11.4. The zero-order chi connectivity index (χ0) is 13.7. The summed E-state index contributed by atoms with van der Waals surface area (Å²) in [5.74, 6) is 0. The fourth-order valence-corrected chi connectivity index (χ4v) is 3.69. The molecule has 0 aliphatic carbocycles. The maximum absolute atomic E-state index is 3.60. The lowest BCUT2D eigenvalue weighted by molar-refractivity contribution is 0.516. The number of hydrogen-bond acceptors (Lipinski definition) is 2. The third-order valence-corrected chi connectivity index (χ3v) is 4.57. The molecule has 3 heteroatoms. The first-order valence-corrected chi connectivity index (χ1v) is 8.39. The van der Waals surface area contributed by atoms with Gasteiger partial charge in [-0.1, -0.05) is 35.0 Å². The maximum atomic E-state index is 3.60. The highest BCUT2D eigenvalue weighted by atomic mass is 79.9. The van der Waals surface area contributed by atoms with E-state index < -0.39 is 0 Å². The number of hydrogen-bond donors (Lipinski definition) is 1. The summed E-state index contributed by atoms with van der Waals surface area (Å²) in [6.07, 6.45) is 2.28. The average Bonchev–Trinajstić information content (AvgIpc) is 2.86. The summed E-state index contributed by atoms with van der Waals surface area (Å²) in [7, 11) is 0. The number of aryl methyl sites for hydroxylation is 2. The van der Waals surface area contributed by atoms with E-state index in [-0.39, 0.29) is 0 Å². The lowest BCUT2D eigenvalue weighted by Crippen LogP contribution is -2.21. The van der Waals surface area contributed by atoms with Crippen LogP contribution in [0.4, 0.5) is 0 Å². The van der Waals surface area contributed by atoms with E-state index in [4.69, 9.17) is 0 Å². The Morgan fingerprint density at radius 1 is 1.32 bits per heavy atom. The molecule has 0 spiro atoms. The maximum Gasteiger partial charge on any atom is 0.0324 e. The Hall–Kier alpha value is -0.640. The molecule has 0 amide bonds. The van der Waals surface area contributed by atoms with Gasteiger partial charge in [-0.2, -0.15) is 0 Å². The number of thiophene rings is 1. The van der Waals surface area contributed by atoms with E-state index in [1.165, 1.54) is 20.5 Å². The van der Waals surface area contributed by atoms with Crippen molar-refractivity contribution in [3.63, 3.8) is 0 Å². The van der Waals surface area contributed by atoms with E-state index in [2.05, 4.69) is 70.8 Å². The Morgan fingerprint density at radius 3 is 2.79 bits per heavy atom. The molecule has 102 valence electrons. The van der Waals surface area contributed by atoms with Crippen molar-refractivity contribution in [2.45, 2.75) is 32.7 Å². The van der Waals surface area contributed by atoms with Gasteiger partial charge in [0.15, 0.2) is 0 Å². The molecular formula is C16H20BrNS. The Bertz CT molecular complexity index is 487. The average molecular weight is 338 g/mol. The quantitative estimate of drug-likeness (QED) is 0.772. The van der Waals surface area contributed by atoms with Crippen LogP contribution >= 0.6 is 27.3 Å².